The van der Waals surface area contributed by atoms with Crippen LogP contribution in [0.2, 0.25) is 0 Å². The highest BCUT2D eigenvalue weighted by Gasteiger charge is 2.47. The SMILES string of the molecule is Cc1cccc(OC[C@H]2[C@H]3CC[C@H](c4nc(C(=O)O)cs4)O[C@H]3C[C@H]2O)c1. The van der Waals surface area contributed by atoms with Crippen LogP contribution in [-0.4, -0.2) is 40.0 Å². The van der Waals surface area contributed by atoms with Gasteiger partial charge in [0.15, 0.2) is 5.69 Å². The number of aliphatic hydroxyl groups is 1. The highest BCUT2D eigenvalue weighted by atomic mass is 32.1. The minimum absolute atomic E-state index is 0.0398. The molecule has 1 aliphatic carbocycles. The van der Waals surface area contributed by atoms with Crippen LogP contribution in [0.15, 0.2) is 29.6 Å². The van der Waals surface area contributed by atoms with Gasteiger partial charge in [0.25, 0.3) is 0 Å². The molecular formula is C20H23NO5S. The number of nitrogens with zero attached hydrogens (tertiary/aromatic N) is 1. The number of hydrogen-bond acceptors (Lipinski definition) is 6. The first kappa shape index (κ1) is 18.4. The van der Waals surface area contributed by atoms with Crippen molar-refractivity contribution in [1.29, 1.82) is 0 Å². The van der Waals surface area contributed by atoms with Gasteiger partial charge < -0.3 is 19.7 Å². The van der Waals surface area contributed by atoms with Gasteiger partial charge in [-0.15, -0.1) is 11.3 Å². The number of carboxylic acid groups (broad SMARTS) is 1. The lowest BCUT2D eigenvalue weighted by Gasteiger charge is -2.33. The van der Waals surface area contributed by atoms with E-state index in [2.05, 4.69) is 4.98 Å². The lowest BCUT2D eigenvalue weighted by molar-refractivity contribution is -0.0811. The van der Waals surface area contributed by atoms with Crippen LogP contribution < -0.4 is 4.74 Å². The van der Waals surface area contributed by atoms with E-state index in [9.17, 15) is 9.90 Å². The largest absolute Gasteiger partial charge is 0.493 e. The molecule has 2 aliphatic rings. The molecule has 5 atom stereocenters. The minimum Gasteiger partial charge on any atom is -0.493 e. The number of aliphatic hydroxyl groups excluding tert-OH is 1. The maximum absolute atomic E-state index is 11.0. The maximum atomic E-state index is 11.0. The van der Waals surface area contributed by atoms with Gasteiger partial charge in [-0.25, -0.2) is 9.78 Å². The monoisotopic (exact) mass is 389 g/mol. The number of aromatic carboxylic acids is 1. The second kappa shape index (κ2) is 7.58. The molecule has 1 aromatic carbocycles. The summed E-state index contributed by atoms with van der Waals surface area (Å²) in [4.78, 5) is 15.2. The molecule has 0 radical (unpaired) electrons. The Morgan fingerprint density at radius 3 is 3.00 bits per heavy atom. The molecule has 6 nitrogen and oxygen atoms in total. The average Bonchev–Trinajstić information content (AvgIpc) is 3.24. The molecule has 1 saturated heterocycles. The van der Waals surface area contributed by atoms with Gasteiger partial charge in [-0.3, -0.25) is 0 Å². The standard InChI is InChI=1S/C20H23NO5S/c1-11-3-2-4-12(7-11)25-9-14-13-5-6-17(26-18(13)8-16(14)22)19-21-15(10-27-19)20(23)24/h2-4,7,10,13-14,16-18,22H,5-6,8-9H2,1H3,(H,23,24)/t13-,14+,16-,17-,18+/m1/s1. The lowest BCUT2D eigenvalue weighted by atomic mass is 9.87. The van der Waals surface area contributed by atoms with Crippen LogP contribution in [0.3, 0.4) is 0 Å². The quantitative estimate of drug-likeness (QED) is 0.814. The third-order valence-electron chi connectivity index (χ3n) is 5.55. The van der Waals surface area contributed by atoms with Gasteiger partial charge in [0.1, 0.15) is 16.9 Å². The number of aromatic nitrogens is 1. The van der Waals surface area contributed by atoms with Gasteiger partial charge in [0, 0.05) is 17.7 Å². The zero-order valence-electron chi connectivity index (χ0n) is 15.1. The highest BCUT2D eigenvalue weighted by Crippen LogP contribution is 2.46. The molecule has 2 N–H and O–H groups in total. The van der Waals surface area contributed by atoms with Gasteiger partial charge in [-0.1, -0.05) is 12.1 Å². The van der Waals surface area contributed by atoms with Crippen molar-refractivity contribution in [2.45, 2.75) is 44.5 Å². The lowest BCUT2D eigenvalue weighted by Crippen LogP contribution is -2.33. The Hall–Kier alpha value is -1.96. The molecule has 1 aromatic heterocycles. The number of fused-ring (bicyclic) bond motifs is 1. The van der Waals surface area contributed by atoms with Crippen LogP contribution in [0.5, 0.6) is 5.75 Å². The number of carboxylic acids is 1. The molecule has 0 amide bonds. The van der Waals surface area contributed by atoms with E-state index in [0.717, 1.165) is 24.2 Å². The first-order valence-electron chi connectivity index (χ1n) is 9.23. The Balaban J connectivity index is 1.39. The van der Waals surface area contributed by atoms with Crippen molar-refractivity contribution in [3.05, 3.63) is 45.9 Å². The smallest absolute Gasteiger partial charge is 0.355 e. The Labute approximate surface area is 161 Å². The molecule has 2 fully saturated rings. The molecule has 2 heterocycles. The van der Waals surface area contributed by atoms with Gasteiger partial charge in [0.05, 0.1) is 18.8 Å². The molecule has 27 heavy (non-hydrogen) atoms. The molecule has 0 spiro atoms. The highest BCUT2D eigenvalue weighted by molar-refractivity contribution is 7.09. The fourth-order valence-electron chi connectivity index (χ4n) is 4.18. The van der Waals surface area contributed by atoms with Crippen molar-refractivity contribution >= 4 is 17.3 Å². The predicted molar refractivity (Wildman–Crippen MR) is 100 cm³/mol. The fraction of sp³-hybridized carbons (Fsp3) is 0.500. The van der Waals surface area contributed by atoms with E-state index in [1.807, 2.05) is 31.2 Å². The van der Waals surface area contributed by atoms with Crippen LogP contribution in [0.25, 0.3) is 0 Å². The molecule has 1 aliphatic heterocycles. The summed E-state index contributed by atoms with van der Waals surface area (Å²) in [5, 5.41) is 21.8. The summed E-state index contributed by atoms with van der Waals surface area (Å²) in [7, 11) is 0. The van der Waals surface area contributed by atoms with Crippen molar-refractivity contribution in [2.24, 2.45) is 11.8 Å². The van der Waals surface area contributed by atoms with Crippen LogP contribution in [0, 0.1) is 18.8 Å². The summed E-state index contributed by atoms with van der Waals surface area (Å²) in [6.07, 6.45) is 1.60. The van der Waals surface area contributed by atoms with E-state index in [1.165, 1.54) is 11.3 Å². The summed E-state index contributed by atoms with van der Waals surface area (Å²) >= 11 is 1.32. The van der Waals surface area contributed by atoms with E-state index in [4.69, 9.17) is 14.6 Å². The third kappa shape index (κ3) is 3.85. The van der Waals surface area contributed by atoms with E-state index in [-0.39, 0.29) is 29.7 Å². The molecule has 1 saturated carbocycles. The number of carbonyl (C=O) groups is 1. The number of hydrogen-bond donors (Lipinski definition) is 2. The normalized spacial score (nSPS) is 30.1. The van der Waals surface area contributed by atoms with Gasteiger partial charge in [-0.2, -0.15) is 0 Å². The molecule has 144 valence electrons. The average molecular weight is 389 g/mol. The molecule has 7 heteroatoms. The number of benzene rings is 1. The molecule has 0 bridgehead atoms. The first-order chi connectivity index (χ1) is 13.0. The molecule has 4 rings (SSSR count). The molecular weight excluding hydrogens is 366 g/mol. The summed E-state index contributed by atoms with van der Waals surface area (Å²) < 4.78 is 12.1. The number of rotatable bonds is 5. The fourth-order valence-corrected chi connectivity index (χ4v) is 5.04. The zero-order valence-corrected chi connectivity index (χ0v) is 15.9. The molecule has 0 unspecified atom stereocenters. The minimum atomic E-state index is -1.02. The Morgan fingerprint density at radius 2 is 2.26 bits per heavy atom. The predicted octanol–water partition coefficient (Wildman–Crippen LogP) is 3.45. The second-order valence-electron chi connectivity index (χ2n) is 7.37. The summed E-state index contributed by atoms with van der Waals surface area (Å²) in [6, 6.07) is 7.92. The van der Waals surface area contributed by atoms with Gasteiger partial charge in [-0.05, 0) is 43.4 Å². The number of ether oxygens (including phenoxy) is 2. The Bertz CT molecular complexity index is 822. The van der Waals surface area contributed by atoms with Crippen molar-refractivity contribution in [3.63, 3.8) is 0 Å². The Kier molecular flexibility index (Phi) is 5.16. The first-order valence-corrected chi connectivity index (χ1v) is 10.1. The van der Waals surface area contributed by atoms with Crippen molar-refractivity contribution in [1.82, 2.24) is 4.98 Å². The van der Waals surface area contributed by atoms with Crippen LogP contribution in [0.4, 0.5) is 0 Å². The molecule has 2 aromatic rings. The second-order valence-corrected chi connectivity index (χ2v) is 8.26. The van der Waals surface area contributed by atoms with E-state index < -0.39 is 12.1 Å². The van der Waals surface area contributed by atoms with Gasteiger partial charge in [0.2, 0.25) is 0 Å². The summed E-state index contributed by atoms with van der Waals surface area (Å²) in [5.41, 5.74) is 1.21. The summed E-state index contributed by atoms with van der Waals surface area (Å²) in [5.74, 6) is 0.0994. The Morgan fingerprint density at radius 1 is 1.41 bits per heavy atom. The van der Waals surface area contributed by atoms with E-state index in [1.54, 1.807) is 5.38 Å². The van der Waals surface area contributed by atoms with E-state index >= 15 is 0 Å². The zero-order chi connectivity index (χ0) is 19.0. The van der Waals surface area contributed by atoms with E-state index in [0.29, 0.717) is 18.0 Å². The number of aryl methyl sites for hydroxylation is 1. The van der Waals surface area contributed by atoms with Gasteiger partial charge >= 0.3 is 5.97 Å². The topological polar surface area (TPSA) is 88.9 Å². The van der Waals surface area contributed by atoms with Crippen molar-refractivity contribution in [2.75, 3.05) is 6.61 Å². The van der Waals surface area contributed by atoms with Crippen molar-refractivity contribution < 1.29 is 24.5 Å². The van der Waals surface area contributed by atoms with Crippen LogP contribution >= 0.6 is 11.3 Å². The summed E-state index contributed by atoms with van der Waals surface area (Å²) in [6.45, 7) is 2.50. The van der Waals surface area contributed by atoms with Crippen LogP contribution in [0.1, 0.15) is 46.4 Å². The van der Waals surface area contributed by atoms with Crippen LogP contribution in [-0.2, 0) is 4.74 Å². The third-order valence-corrected chi connectivity index (χ3v) is 6.48. The maximum Gasteiger partial charge on any atom is 0.355 e. The number of thiazole rings is 1. The van der Waals surface area contributed by atoms with Crippen molar-refractivity contribution in [3.8, 4) is 5.75 Å².